The first-order chi connectivity index (χ1) is 50.9. The molecule has 3 N–H and O–H groups in total. The summed E-state index contributed by atoms with van der Waals surface area (Å²) in [6.45, 7) is 9.68. The van der Waals surface area contributed by atoms with E-state index in [0.29, 0.717) is 25.7 Å². The fraction of sp³-hybridized carbons (Fsp3) is 0.953. The van der Waals surface area contributed by atoms with E-state index in [9.17, 15) is 43.2 Å². The maximum absolute atomic E-state index is 13.2. The molecule has 3 unspecified atom stereocenters. The van der Waals surface area contributed by atoms with Crippen LogP contribution in [0.15, 0.2) is 0 Å². The van der Waals surface area contributed by atoms with Crippen molar-refractivity contribution in [2.75, 3.05) is 39.6 Å². The molecular formula is C86H168O17P2. The maximum atomic E-state index is 13.2. The zero-order valence-corrected chi connectivity index (χ0v) is 70.8. The van der Waals surface area contributed by atoms with E-state index in [1.54, 1.807) is 0 Å². The minimum atomic E-state index is -4.97. The summed E-state index contributed by atoms with van der Waals surface area (Å²) in [5.41, 5.74) is 0. The zero-order chi connectivity index (χ0) is 77.1. The Bertz CT molecular complexity index is 2010. The highest BCUT2D eigenvalue weighted by Crippen LogP contribution is 2.45. The molecule has 19 heteroatoms. The van der Waals surface area contributed by atoms with E-state index >= 15 is 0 Å². The van der Waals surface area contributed by atoms with Crippen molar-refractivity contribution >= 4 is 39.5 Å². The Morgan fingerprint density at radius 1 is 0.276 bits per heavy atom. The number of unbranched alkanes of at least 4 members (excludes halogenated alkanes) is 54. The van der Waals surface area contributed by atoms with Gasteiger partial charge in [0.1, 0.15) is 19.3 Å². The summed E-state index contributed by atoms with van der Waals surface area (Å²) in [6, 6.07) is 0. The summed E-state index contributed by atoms with van der Waals surface area (Å²) in [4.78, 5) is 73.3. The highest BCUT2D eigenvalue weighted by atomic mass is 31.2. The number of rotatable bonds is 85. The van der Waals surface area contributed by atoms with E-state index in [0.717, 1.165) is 102 Å². The van der Waals surface area contributed by atoms with Gasteiger partial charge in [0.2, 0.25) is 0 Å². The molecule has 0 aromatic carbocycles. The zero-order valence-electron chi connectivity index (χ0n) is 69.0. The van der Waals surface area contributed by atoms with E-state index in [-0.39, 0.29) is 25.7 Å². The second-order valence-corrected chi connectivity index (χ2v) is 34.6. The molecule has 0 rings (SSSR count). The lowest BCUT2D eigenvalue weighted by atomic mass is 9.99. The Labute approximate surface area is 645 Å². The molecule has 0 bridgehead atoms. The third-order valence-electron chi connectivity index (χ3n) is 20.6. The van der Waals surface area contributed by atoms with Gasteiger partial charge >= 0.3 is 39.5 Å². The van der Waals surface area contributed by atoms with Crippen LogP contribution in [0.4, 0.5) is 0 Å². The largest absolute Gasteiger partial charge is 0.472 e. The number of aliphatic hydroxyl groups is 1. The van der Waals surface area contributed by atoms with Crippen LogP contribution in [0.25, 0.3) is 0 Å². The van der Waals surface area contributed by atoms with Crippen LogP contribution in [0.2, 0.25) is 0 Å². The second-order valence-electron chi connectivity index (χ2n) is 31.6. The standard InChI is InChI=1S/C86H168O17P2/c1-7-10-12-14-16-18-20-22-24-26-28-30-32-34-39-43-50-56-62-68-83(88)96-74-81(102-85(90)70-64-58-52-44-40-35-33-31-29-27-25-23-21-19-17-15-13-11-8-2)76-100-104(92,93)98-72-80(87)73-99-105(94,95)101-77-82(75-97-84(89)69-63-57-51-47-46-49-55-61-67-79(6)9-3)103-86(91)71-65-59-53-45-41-37-36-38-42-48-54-60-66-78(4)5/h78-82,87H,7-77H2,1-6H3,(H,92,93)(H,94,95)/t79?,80-,81-,82-/m1/s1. The predicted molar refractivity (Wildman–Crippen MR) is 432 cm³/mol. The van der Waals surface area contributed by atoms with Crippen LogP contribution in [-0.2, 0) is 65.4 Å². The Kier molecular flexibility index (Phi) is 76.0. The maximum Gasteiger partial charge on any atom is 0.472 e. The van der Waals surface area contributed by atoms with Crippen molar-refractivity contribution in [3.05, 3.63) is 0 Å². The number of aliphatic hydroxyl groups excluding tert-OH is 1. The van der Waals surface area contributed by atoms with Gasteiger partial charge in [0.15, 0.2) is 12.2 Å². The van der Waals surface area contributed by atoms with E-state index in [1.807, 2.05) is 0 Å². The Morgan fingerprint density at radius 2 is 0.486 bits per heavy atom. The van der Waals surface area contributed by atoms with Crippen molar-refractivity contribution in [3.8, 4) is 0 Å². The molecule has 0 amide bonds. The quantitative estimate of drug-likeness (QED) is 0.0222. The van der Waals surface area contributed by atoms with Crippen LogP contribution in [0, 0.1) is 11.8 Å². The summed E-state index contributed by atoms with van der Waals surface area (Å²) >= 11 is 0. The third-order valence-corrected chi connectivity index (χ3v) is 22.5. The molecule has 624 valence electrons. The molecule has 17 nitrogen and oxygen atoms in total. The molecule has 0 aliphatic heterocycles. The molecule has 0 radical (unpaired) electrons. The topological polar surface area (TPSA) is 237 Å². The van der Waals surface area contributed by atoms with Gasteiger partial charge in [0.05, 0.1) is 26.4 Å². The van der Waals surface area contributed by atoms with Gasteiger partial charge in [-0.05, 0) is 37.5 Å². The summed E-state index contributed by atoms with van der Waals surface area (Å²) in [7, 11) is -9.93. The number of carbonyl (C=O) groups is 4. The molecule has 0 spiro atoms. The molecule has 0 heterocycles. The predicted octanol–water partition coefficient (Wildman–Crippen LogP) is 26.2. The van der Waals surface area contributed by atoms with Crippen molar-refractivity contribution in [2.45, 2.75) is 477 Å². The molecule has 0 fully saturated rings. The number of ether oxygens (including phenoxy) is 4. The minimum Gasteiger partial charge on any atom is -0.462 e. The molecule has 0 saturated heterocycles. The highest BCUT2D eigenvalue weighted by Gasteiger charge is 2.30. The van der Waals surface area contributed by atoms with Crippen molar-refractivity contribution in [2.24, 2.45) is 11.8 Å². The van der Waals surface area contributed by atoms with E-state index in [2.05, 4.69) is 41.5 Å². The fourth-order valence-corrected chi connectivity index (χ4v) is 15.0. The first-order valence-electron chi connectivity index (χ1n) is 44.5. The van der Waals surface area contributed by atoms with Crippen LogP contribution in [0.5, 0.6) is 0 Å². The number of esters is 4. The lowest BCUT2D eigenvalue weighted by molar-refractivity contribution is -0.161. The third kappa shape index (κ3) is 78.5. The average Bonchev–Trinajstić information content (AvgIpc) is 0.907. The van der Waals surface area contributed by atoms with Gasteiger partial charge in [0.25, 0.3) is 0 Å². The number of phosphoric ester groups is 2. The Hall–Kier alpha value is -1.94. The lowest BCUT2D eigenvalue weighted by Crippen LogP contribution is -2.30. The Morgan fingerprint density at radius 3 is 0.724 bits per heavy atom. The van der Waals surface area contributed by atoms with Gasteiger partial charge in [0, 0.05) is 25.7 Å². The van der Waals surface area contributed by atoms with E-state index in [1.165, 1.54) is 276 Å². The Balaban J connectivity index is 5.26. The van der Waals surface area contributed by atoms with Gasteiger partial charge in [-0.2, -0.15) is 0 Å². The second kappa shape index (κ2) is 77.4. The highest BCUT2D eigenvalue weighted by molar-refractivity contribution is 7.47. The molecule has 105 heavy (non-hydrogen) atoms. The summed E-state index contributed by atoms with van der Waals surface area (Å²) in [5.74, 6) is -0.548. The number of hydrogen-bond donors (Lipinski definition) is 3. The van der Waals surface area contributed by atoms with Crippen LogP contribution in [0.1, 0.15) is 459 Å². The van der Waals surface area contributed by atoms with Gasteiger partial charge < -0.3 is 33.8 Å². The normalized spacial score (nSPS) is 14.1. The van der Waals surface area contributed by atoms with Gasteiger partial charge in [-0.1, -0.05) is 408 Å². The van der Waals surface area contributed by atoms with E-state index < -0.39 is 97.5 Å². The first-order valence-corrected chi connectivity index (χ1v) is 47.5. The van der Waals surface area contributed by atoms with Crippen molar-refractivity contribution in [1.29, 1.82) is 0 Å². The number of hydrogen-bond acceptors (Lipinski definition) is 15. The summed E-state index contributed by atoms with van der Waals surface area (Å²) < 4.78 is 68.9. The van der Waals surface area contributed by atoms with Crippen LogP contribution < -0.4 is 0 Å². The van der Waals surface area contributed by atoms with Gasteiger partial charge in [-0.15, -0.1) is 0 Å². The molecule has 0 saturated carbocycles. The summed E-state index contributed by atoms with van der Waals surface area (Å²) in [5, 5.41) is 10.7. The van der Waals surface area contributed by atoms with Crippen LogP contribution in [0.3, 0.4) is 0 Å². The van der Waals surface area contributed by atoms with Crippen molar-refractivity contribution in [1.82, 2.24) is 0 Å². The van der Waals surface area contributed by atoms with Crippen LogP contribution in [-0.4, -0.2) is 96.7 Å². The van der Waals surface area contributed by atoms with E-state index in [4.69, 9.17) is 37.0 Å². The van der Waals surface area contributed by atoms with Gasteiger partial charge in [-0.25, -0.2) is 9.13 Å². The van der Waals surface area contributed by atoms with Crippen LogP contribution >= 0.6 is 15.6 Å². The molecular weight excluding hydrogens is 1370 g/mol. The van der Waals surface area contributed by atoms with Gasteiger partial charge in [-0.3, -0.25) is 37.3 Å². The number of carbonyl (C=O) groups excluding carboxylic acids is 4. The summed E-state index contributed by atoms with van der Waals surface area (Å²) in [6.07, 6.45) is 69.4. The molecule has 0 aliphatic carbocycles. The lowest BCUT2D eigenvalue weighted by Gasteiger charge is -2.21. The smallest absolute Gasteiger partial charge is 0.462 e. The van der Waals surface area contributed by atoms with Crippen molar-refractivity contribution < 1.29 is 80.2 Å². The minimum absolute atomic E-state index is 0.107. The molecule has 0 aromatic heterocycles. The monoisotopic (exact) mass is 1540 g/mol. The first kappa shape index (κ1) is 103. The number of phosphoric acid groups is 2. The SMILES string of the molecule is CCCCCCCCCCCCCCCCCCCCCC(=O)OC[C@H](COP(=O)(O)OC[C@@H](O)COP(=O)(O)OC[C@@H](COC(=O)CCCCCCCCCCC(C)CC)OC(=O)CCCCCCCCCCCCCCC(C)C)OC(=O)CCCCCCCCCCCCCCCCCCCCC. The molecule has 0 aliphatic rings. The average molecular weight is 1540 g/mol. The molecule has 0 aromatic rings. The van der Waals surface area contributed by atoms with Crippen molar-refractivity contribution in [3.63, 3.8) is 0 Å². The fourth-order valence-electron chi connectivity index (χ4n) is 13.4. The molecule has 6 atom stereocenters.